The molecule has 1 aromatic rings. The summed E-state index contributed by atoms with van der Waals surface area (Å²) in [7, 11) is 0. The molecule has 2 rings (SSSR count). The van der Waals surface area contributed by atoms with Gasteiger partial charge in [0.2, 0.25) is 0 Å². The molecule has 34 heavy (non-hydrogen) atoms. The lowest BCUT2D eigenvalue weighted by molar-refractivity contribution is 0.0450. The molecule has 0 aromatic heterocycles. The molecule has 0 bridgehead atoms. The van der Waals surface area contributed by atoms with Crippen LogP contribution in [0.4, 0.5) is 0 Å². The van der Waals surface area contributed by atoms with Crippen LogP contribution < -0.4 is 0 Å². The topological polar surface area (TPSA) is 52.6 Å². The molecule has 0 aliphatic heterocycles. The fourth-order valence-electron chi connectivity index (χ4n) is 4.05. The van der Waals surface area contributed by atoms with Crippen molar-refractivity contribution in [2.24, 2.45) is 11.8 Å². The third-order valence-electron chi connectivity index (χ3n) is 6.18. The Labute approximate surface area is 209 Å². The van der Waals surface area contributed by atoms with Crippen LogP contribution >= 0.6 is 0 Å². The first-order valence-corrected chi connectivity index (χ1v) is 13.8. The molecule has 0 heterocycles. The zero-order valence-corrected chi connectivity index (χ0v) is 22.4. The molecule has 0 unspecified atom stereocenters. The zero-order valence-electron chi connectivity index (χ0n) is 22.4. The predicted molar refractivity (Wildman–Crippen MR) is 141 cm³/mol. The van der Waals surface area contributed by atoms with E-state index in [9.17, 15) is 9.59 Å². The van der Waals surface area contributed by atoms with Gasteiger partial charge in [-0.1, -0.05) is 117 Å². The van der Waals surface area contributed by atoms with E-state index >= 15 is 0 Å². The summed E-state index contributed by atoms with van der Waals surface area (Å²) in [5.74, 6) is 0.507. The number of carbonyl (C=O) groups excluding carboxylic acids is 2. The highest BCUT2D eigenvalue weighted by atomic mass is 16.5. The molecule has 0 amide bonds. The van der Waals surface area contributed by atoms with Gasteiger partial charge in [0.1, 0.15) is 0 Å². The van der Waals surface area contributed by atoms with Crippen LogP contribution in [0.25, 0.3) is 0 Å². The molecular weight excluding hydrogens is 424 g/mol. The van der Waals surface area contributed by atoms with E-state index in [0.29, 0.717) is 25.0 Å². The molecule has 0 spiro atoms. The van der Waals surface area contributed by atoms with Crippen LogP contribution in [-0.2, 0) is 9.47 Å². The van der Waals surface area contributed by atoms with Gasteiger partial charge in [-0.15, -0.1) is 0 Å². The van der Waals surface area contributed by atoms with Gasteiger partial charge in [-0.2, -0.15) is 0 Å². The molecule has 1 aromatic carbocycles. The SMILES string of the molecule is C1CCCCC1.CC(C)CCCCCOC(=O)c1ccccc1C(=O)OCCCCCC(C)C. The summed E-state index contributed by atoms with van der Waals surface area (Å²) < 4.78 is 10.7. The molecule has 0 N–H and O–H groups in total. The van der Waals surface area contributed by atoms with Gasteiger partial charge in [-0.05, 0) is 36.8 Å². The molecule has 1 saturated carbocycles. The first kappa shape index (κ1) is 30.2. The van der Waals surface area contributed by atoms with Gasteiger partial charge in [0.05, 0.1) is 24.3 Å². The van der Waals surface area contributed by atoms with Gasteiger partial charge >= 0.3 is 11.9 Å². The van der Waals surface area contributed by atoms with E-state index in [2.05, 4.69) is 27.7 Å². The summed E-state index contributed by atoms with van der Waals surface area (Å²) in [5.41, 5.74) is 0.573. The van der Waals surface area contributed by atoms with Crippen LogP contribution in [0.15, 0.2) is 24.3 Å². The van der Waals surface area contributed by atoms with Crippen LogP contribution in [-0.4, -0.2) is 25.2 Å². The summed E-state index contributed by atoms with van der Waals surface area (Å²) >= 11 is 0. The Hall–Kier alpha value is -1.84. The Morgan fingerprint density at radius 2 is 0.971 bits per heavy atom. The number of ether oxygens (including phenoxy) is 2. The van der Waals surface area contributed by atoms with Crippen LogP contribution in [0.5, 0.6) is 0 Å². The Balaban J connectivity index is 0.000000830. The quantitative estimate of drug-likeness (QED) is 0.200. The van der Waals surface area contributed by atoms with Crippen molar-refractivity contribution >= 4 is 11.9 Å². The van der Waals surface area contributed by atoms with Crippen molar-refractivity contribution in [2.75, 3.05) is 13.2 Å². The third-order valence-corrected chi connectivity index (χ3v) is 6.18. The maximum atomic E-state index is 12.4. The second-order valence-electron chi connectivity index (χ2n) is 10.4. The van der Waals surface area contributed by atoms with Crippen molar-refractivity contribution in [3.8, 4) is 0 Å². The highest BCUT2D eigenvalue weighted by molar-refractivity contribution is 6.03. The van der Waals surface area contributed by atoms with E-state index in [1.165, 1.54) is 51.4 Å². The van der Waals surface area contributed by atoms with E-state index in [-0.39, 0.29) is 11.1 Å². The first-order chi connectivity index (χ1) is 16.4. The van der Waals surface area contributed by atoms with E-state index in [1.807, 2.05) is 0 Å². The number of rotatable bonds is 14. The Bertz CT molecular complexity index is 599. The minimum atomic E-state index is -0.451. The minimum Gasteiger partial charge on any atom is -0.462 e. The fourth-order valence-corrected chi connectivity index (χ4v) is 4.05. The number of hydrogen-bond acceptors (Lipinski definition) is 4. The van der Waals surface area contributed by atoms with Gasteiger partial charge in [0.25, 0.3) is 0 Å². The van der Waals surface area contributed by atoms with Gasteiger partial charge in [-0.25, -0.2) is 9.59 Å². The first-order valence-electron chi connectivity index (χ1n) is 13.8. The molecule has 0 radical (unpaired) electrons. The number of unbranched alkanes of at least 4 members (excludes halogenated alkanes) is 4. The molecule has 4 nitrogen and oxygen atoms in total. The minimum absolute atomic E-state index is 0.287. The van der Waals surface area contributed by atoms with E-state index in [1.54, 1.807) is 24.3 Å². The lowest BCUT2D eigenvalue weighted by Gasteiger charge is -2.10. The van der Waals surface area contributed by atoms with Crippen molar-refractivity contribution < 1.29 is 19.1 Å². The molecule has 0 saturated heterocycles. The molecule has 4 heteroatoms. The summed E-state index contributed by atoms with van der Waals surface area (Å²) in [5, 5.41) is 0. The number of hydrogen-bond donors (Lipinski definition) is 0. The smallest absolute Gasteiger partial charge is 0.339 e. The van der Waals surface area contributed by atoms with Crippen LogP contribution in [0.2, 0.25) is 0 Å². The van der Waals surface area contributed by atoms with Crippen molar-refractivity contribution in [3.63, 3.8) is 0 Å². The Morgan fingerprint density at radius 1 is 0.618 bits per heavy atom. The van der Waals surface area contributed by atoms with Crippen LogP contribution in [0.3, 0.4) is 0 Å². The van der Waals surface area contributed by atoms with Gasteiger partial charge in [-0.3, -0.25) is 0 Å². The van der Waals surface area contributed by atoms with Crippen molar-refractivity contribution in [3.05, 3.63) is 35.4 Å². The highest BCUT2D eigenvalue weighted by Crippen LogP contribution is 2.16. The number of carbonyl (C=O) groups is 2. The molecular formula is C30H50O4. The molecule has 0 atom stereocenters. The summed E-state index contributed by atoms with van der Waals surface area (Å²) in [6, 6.07) is 6.73. The zero-order chi connectivity index (χ0) is 25.0. The van der Waals surface area contributed by atoms with Crippen molar-refractivity contribution in [2.45, 2.75) is 118 Å². The van der Waals surface area contributed by atoms with Crippen LogP contribution in [0, 0.1) is 11.8 Å². The molecule has 194 valence electrons. The third kappa shape index (κ3) is 15.1. The maximum absolute atomic E-state index is 12.4. The van der Waals surface area contributed by atoms with Crippen LogP contribution in [0.1, 0.15) is 138 Å². The summed E-state index contributed by atoms with van der Waals surface area (Å²) in [6.07, 6.45) is 17.5. The van der Waals surface area contributed by atoms with E-state index in [4.69, 9.17) is 9.47 Å². The monoisotopic (exact) mass is 474 g/mol. The molecule has 1 aliphatic rings. The van der Waals surface area contributed by atoms with E-state index in [0.717, 1.165) is 38.5 Å². The molecule has 1 aliphatic carbocycles. The normalized spacial score (nSPS) is 13.4. The maximum Gasteiger partial charge on any atom is 0.339 e. The number of esters is 2. The Kier molecular flexibility index (Phi) is 17.3. The highest BCUT2D eigenvalue weighted by Gasteiger charge is 2.18. The lowest BCUT2D eigenvalue weighted by atomic mass is 10.0. The number of benzene rings is 1. The van der Waals surface area contributed by atoms with Gasteiger partial charge in [0.15, 0.2) is 0 Å². The summed E-state index contributed by atoms with van der Waals surface area (Å²) in [6.45, 7) is 9.61. The lowest BCUT2D eigenvalue weighted by Crippen LogP contribution is -2.15. The molecule has 1 fully saturated rings. The predicted octanol–water partition coefficient (Wildman–Crippen LogP) is 8.77. The van der Waals surface area contributed by atoms with Gasteiger partial charge < -0.3 is 9.47 Å². The second kappa shape index (κ2) is 19.5. The Morgan fingerprint density at radius 3 is 1.29 bits per heavy atom. The second-order valence-corrected chi connectivity index (χ2v) is 10.4. The average Bonchev–Trinajstić information content (AvgIpc) is 2.84. The average molecular weight is 475 g/mol. The van der Waals surface area contributed by atoms with Crippen molar-refractivity contribution in [1.82, 2.24) is 0 Å². The standard InChI is InChI=1S/C24H38O4.C6H12/c1-19(2)13-7-5-11-17-27-23(25)21-15-9-10-16-22(21)24(26)28-18-12-6-8-14-20(3)4;1-2-4-6-5-3-1/h9-10,15-16,19-20H,5-8,11-14,17-18H2,1-4H3;1-6H2. The van der Waals surface area contributed by atoms with E-state index < -0.39 is 11.9 Å². The largest absolute Gasteiger partial charge is 0.462 e. The summed E-state index contributed by atoms with van der Waals surface area (Å²) in [4.78, 5) is 24.7. The van der Waals surface area contributed by atoms with Crippen molar-refractivity contribution in [1.29, 1.82) is 0 Å². The van der Waals surface area contributed by atoms with Gasteiger partial charge in [0, 0.05) is 0 Å². The fraction of sp³-hybridized carbons (Fsp3) is 0.733.